The van der Waals surface area contributed by atoms with E-state index in [0.717, 1.165) is 15.5 Å². The number of anilines is 1. The molecule has 0 aliphatic carbocycles. The van der Waals surface area contributed by atoms with Gasteiger partial charge >= 0.3 is 0 Å². The minimum Gasteiger partial charge on any atom is -0.374 e. The maximum absolute atomic E-state index is 11.4. The second-order valence-corrected chi connectivity index (χ2v) is 5.10. The summed E-state index contributed by atoms with van der Waals surface area (Å²) >= 11 is 3.45. The van der Waals surface area contributed by atoms with Gasteiger partial charge < -0.3 is 10.6 Å². The number of benzene rings is 2. The molecule has 0 bridgehead atoms. The molecule has 4 heteroatoms. The van der Waals surface area contributed by atoms with Crippen molar-refractivity contribution in [3.8, 4) is 0 Å². The van der Waals surface area contributed by atoms with Crippen molar-refractivity contribution in [2.45, 2.75) is 13.0 Å². The van der Waals surface area contributed by atoms with Gasteiger partial charge in [0.25, 0.3) is 0 Å². The lowest BCUT2D eigenvalue weighted by Crippen LogP contribution is -2.35. The van der Waals surface area contributed by atoms with E-state index in [0.29, 0.717) is 0 Å². The van der Waals surface area contributed by atoms with Gasteiger partial charge in [-0.2, -0.15) is 0 Å². The van der Waals surface area contributed by atoms with Crippen molar-refractivity contribution in [2.24, 2.45) is 0 Å². The van der Waals surface area contributed by atoms with Gasteiger partial charge in [-0.25, -0.2) is 0 Å². The quantitative estimate of drug-likeness (QED) is 0.914. The van der Waals surface area contributed by atoms with Gasteiger partial charge in [0.05, 0.1) is 0 Å². The molecule has 0 spiro atoms. The van der Waals surface area contributed by atoms with E-state index in [-0.39, 0.29) is 11.9 Å². The monoisotopic (exact) mass is 306 g/mol. The molecule has 2 rings (SSSR count). The van der Waals surface area contributed by atoms with E-state index in [1.54, 1.807) is 7.05 Å². The molecule has 0 radical (unpaired) electrons. The average molecular weight is 307 g/mol. The zero-order valence-electron chi connectivity index (χ0n) is 10.3. The summed E-state index contributed by atoms with van der Waals surface area (Å²) in [5.74, 6) is -0.0223. The third-order valence-electron chi connectivity index (χ3n) is 2.83. The Kier molecular flexibility index (Phi) is 3.87. The molecule has 0 aliphatic heterocycles. The summed E-state index contributed by atoms with van der Waals surface area (Å²) in [7, 11) is 1.64. The Hall–Kier alpha value is -1.55. The van der Waals surface area contributed by atoms with E-state index in [9.17, 15) is 4.79 Å². The van der Waals surface area contributed by atoms with Crippen LogP contribution in [0.4, 0.5) is 5.69 Å². The zero-order chi connectivity index (χ0) is 13.1. The fraction of sp³-hybridized carbons (Fsp3) is 0.214. The van der Waals surface area contributed by atoms with Gasteiger partial charge in [-0.15, -0.1) is 0 Å². The molecule has 1 unspecified atom stereocenters. The van der Waals surface area contributed by atoms with Crippen LogP contribution < -0.4 is 10.6 Å². The lowest BCUT2D eigenvalue weighted by Gasteiger charge is -2.14. The molecule has 2 aromatic carbocycles. The first-order chi connectivity index (χ1) is 8.60. The first-order valence-electron chi connectivity index (χ1n) is 5.77. The number of rotatable bonds is 3. The van der Waals surface area contributed by atoms with E-state index in [4.69, 9.17) is 0 Å². The van der Waals surface area contributed by atoms with Crippen molar-refractivity contribution in [3.63, 3.8) is 0 Å². The van der Waals surface area contributed by atoms with Crippen LogP contribution in [0.2, 0.25) is 0 Å². The third kappa shape index (κ3) is 2.82. The minimum absolute atomic E-state index is 0.0223. The van der Waals surface area contributed by atoms with Crippen LogP contribution in [0.1, 0.15) is 6.92 Å². The number of fused-ring (bicyclic) bond motifs is 1. The Morgan fingerprint density at radius 3 is 2.56 bits per heavy atom. The van der Waals surface area contributed by atoms with Gasteiger partial charge in [0.2, 0.25) is 5.91 Å². The Balaban J connectivity index is 2.25. The van der Waals surface area contributed by atoms with E-state index >= 15 is 0 Å². The smallest absolute Gasteiger partial charge is 0.241 e. The second kappa shape index (κ2) is 5.40. The molecule has 0 saturated carbocycles. The van der Waals surface area contributed by atoms with E-state index < -0.39 is 0 Å². The SMILES string of the molecule is CNC(=O)C(C)Nc1ccc2cc(Br)ccc2c1. The molecule has 3 nitrogen and oxygen atoms in total. The van der Waals surface area contributed by atoms with Gasteiger partial charge in [-0.1, -0.05) is 28.1 Å². The Labute approximate surface area is 115 Å². The van der Waals surface area contributed by atoms with Crippen molar-refractivity contribution in [1.29, 1.82) is 0 Å². The predicted octanol–water partition coefficient (Wildman–Crippen LogP) is 3.15. The van der Waals surface area contributed by atoms with Gasteiger partial charge in [-0.05, 0) is 42.0 Å². The standard InChI is InChI=1S/C14H15BrN2O/c1-9(14(18)16-2)17-13-6-4-10-7-12(15)5-3-11(10)8-13/h3-9,17H,1-2H3,(H,16,18). The topological polar surface area (TPSA) is 41.1 Å². The van der Waals surface area contributed by atoms with Crippen molar-refractivity contribution in [1.82, 2.24) is 5.32 Å². The maximum Gasteiger partial charge on any atom is 0.241 e. The number of hydrogen-bond donors (Lipinski definition) is 2. The van der Waals surface area contributed by atoms with E-state index in [1.807, 2.05) is 31.2 Å². The number of amides is 1. The summed E-state index contributed by atoms with van der Waals surface area (Å²) in [6.07, 6.45) is 0. The normalized spacial score (nSPS) is 12.2. The van der Waals surface area contributed by atoms with Gasteiger partial charge in [-0.3, -0.25) is 4.79 Å². The number of hydrogen-bond acceptors (Lipinski definition) is 2. The van der Waals surface area contributed by atoms with Crippen molar-refractivity contribution >= 4 is 38.3 Å². The number of nitrogens with one attached hydrogen (secondary N) is 2. The highest BCUT2D eigenvalue weighted by atomic mass is 79.9. The molecule has 2 N–H and O–H groups in total. The second-order valence-electron chi connectivity index (χ2n) is 4.19. The molecule has 0 saturated heterocycles. The Morgan fingerprint density at radius 1 is 1.17 bits per heavy atom. The minimum atomic E-state index is -0.247. The van der Waals surface area contributed by atoms with Gasteiger partial charge in [0.15, 0.2) is 0 Å². The van der Waals surface area contributed by atoms with E-state index in [2.05, 4.69) is 38.7 Å². The highest BCUT2D eigenvalue weighted by Gasteiger charge is 2.10. The van der Waals surface area contributed by atoms with Crippen LogP contribution in [-0.4, -0.2) is 19.0 Å². The number of carbonyl (C=O) groups excluding carboxylic acids is 1. The third-order valence-corrected chi connectivity index (χ3v) is 3.32. The lowest BCUT2D eigenvalue weighted by molar-refractivity contribution is -0.121. The van der Waals surface area contributed by atoms with Gasteiger partial charge in [0, 0.05) is 17.2 Å². The molecular weight excluding hydrogens is 292 g/mol. The van der Waals surface area contributed by atoms with Crippen LogP contribution in [-0.2, 0) is 4.79 Å². The fourth-order valence-electron chi connectivity index (χ4n) is 1.84. The summed E-state index contributed by atoms with van der Waals surface area (Å²) in [6, 6.07) is 11.9. The molecule has 0 aromatic heterocycles. The van der Waals surface area contributed by atoms with Crippen molar-refractivity contribution in [3.05, 3.63) is 40.9 Å². The van der Waals surface area contributed by atoms with E-state index in [1.165, 1.54) is 5.39 Å². The van der Waals surface area contributed by atoms with Crippen molar-refractivity contribution < 1.29 is 4.79 Å². The van der Waals surface area contributed by atoms with Crippen LogP contribution in [0.5, 0.6) is 0 Å². The summed E-state index contributed by atoms with van der Waals surface area (Å²) in [6.45, 7) is 1.84. The largest absolute Gasteiger partial charge is 0.374 e. The summed E-state index contributed by atoms with van der Waals surface area (Å²) in [5, 5.41) is 8.11. The molecule has 0 fully saturated rings. The highest BCUT2D eigenvalue weighted by molar-refractivity contribution is 9.10. The molecule has 1 atom stereocenters. The van der Waals surface area contributed by atoms with Crippen LogP contribution >= 0.6 is 15.9 Å². The van der Waals surface area contributed by atoms with Crippen LogP contribution in [0, 0.1) is 0 Å². The predicted molar refractivity (Wildman–Crippen MR) is 78.8 cm³/mol. The van der Waals surface area contributed by atoms with Crippen LogP contribution in [0.3, 0.4) is 0 Å². The molecule has 94 valence electrons. The lowest BCUT2D eigenvalue weighted by atomic mass is 10.1. The molecule has 2 aromatic rings. The van der Waals surface area contributed by atoms with Crippen molar-refractivity contribution in [2.75, 3.05) is 12.4 Å². The zero-order valence-corrected chi connectivity index (χ0v) is 11.9. The number of likely N-dealkylation sites (N-methyl/N-ethyl adjacent to an activating group) is 1. The molecular formula is C14H15BrN2O. The molecule has 18 heavy (non-hydrogen) atoms. The highest BCUT2D eigenvalue weighted by Crippen LogP contribution is 2.23. The average Bonchev–Trinajstić information content (AvgIpc) is 2.38. The molecule has 1 amide bonds. The first-order valence-corrected chi connectivity index (χ1v) is 6.57. The molecule has 0 heterocycles. The van der Waals surface area contributed by atoms with Crippen LogP contribution in [0.15, 0.2) is 40.9 Å². The maximum atomic E-state index is 11.4. The fourth-order valence-corrected chi connectivity index (χ4v) is 2.22. The summed E-state index contributed by atoms with van der Waals surface area (Å²) in [5.41, 5.74) is 0.945. The van der Waals surface area contributed by atoms with Crippen LogP contribution in [0.25, 0.3) is 10.8 Å². The first kappa shape index (κ1) is 12.9. The summed E-state index contributed by atoms with van der Waals surface area (Å²) in [4.78, 5) is 11.4. The summed E-state index contributed by atoms with van der Waals surface area (Å²) < 4.78 is 1.06. The van der Waals surface area contributed by atoms with Gasteiger partial charge in [0.1, 0.15) is 6.04 Å². The Morgan fingerprint density at radius 2 is 1.83 bits per heavy atom. The Bertz CT molecular complexity index is 583. The number of halogens is 1. The number of carbonyl (C=O) groups is 1. The molecule has 0 aliphatic rings.